The van der Waals surface area contributed by atoms with Gasteiger partial charge in [-0.15, -0.1) is 0 Å². The predicted molar refractivity (Wildman–Crippen MR) is 75.4 cm³/mol. The Hall–Kier alpha value is -0.220. The summed E-state index contributed by atoms with van der Waals surface area (Å²) >= 11 is 2.02. The second-order valence-electron chi connectivity index (χ2n) is 4.88. The molecule has 1 aliphatic rings. The van der Waals surface area contributed by atoms with Crippen molar-refractivity contribution in [2.45, 2.75) is 52.1 Å². The summed E-state index contributed by atoms with van der Waals surface area (Å²) in [5.74, 6) is 3.42. The third-order valence-corrected chi connectivity index (χ3v) is 4.69. The zero-order valence-electron chi connectivity index (χ0n) is 11.3. The maximum atomic E-state index is 11.9. The van der Waals surface area contributed by atoms with E-state index in [1.165, 1.54) is 17.9 Å². The van der Waals surface area contributed by atoms with Crippen LogP contribution in [-0.2, 0) is 4.79 Å². The van der Waals surface area contributed by atoms with Gasteiger partial charge in [-0.05, 0) is 50.2 Å². The summed E-state index contributed by atoms with van der Waals surface area (Å²) in [5.41, 5.74) is 0. The predicted octanol–water partition coefficient (Wildman–Crippen LogP) is 2.02. The Morgan fingerprint density at radius 2 is 2.12 bits per heavy atom. The number of carbonyl (C=O) groups excluding carboxylic acids is 1. The molecule has 17 heavy (non-hydrogen) atoms. The number of hydrogen-bond donors (Lipinski definition) is 2. The van der Waals surface area contributed by atoms with Crippen LogP contribution in [0.4, 0.5) is 0 Å². The summed E-state index contributed by atoms with van der Waals surface area (Å²) in [5, 5.41) is 6.44. The molecule has 0 radical (unpaired) electrons. The van der Waals surface area contributed by atoms with Crippen molar-refractivity contribution in [3.8, 4) is 0 Å². The van der Waals surface area contributed by atoms with E-state index in [0.717, 1.165) is 25.3 Å². The molecule has 2 N–H and O–H groups in total. The summed E-state index contributed by atoms with van der Waals surface area (Å²) < 4.78 is 0. The third kappa shape index (κ3) is 5.30. The van der Waals surface area contributed by atoms with Crippen molar-refractivity contribution in [1.82, 2.24) is 10.6 Å². The lowest BCUT2D eigenvalue weighted by Gasteiger charge is -2.20. The molecular formula is C13H26N2OS. The Kier molecular flexibility index (Phi) is 6.97. The van der Waals surface area contributed by atoms with Crippen molar-refractivity contribution in [1.29, 1.82) is 0 Å². The second-order valence-corrected chi connectivity index (χ2v) is 6.03. The maximum absolute atomic E-state index is 11.9. The van der Waals surface area contributed by atoms with Crippen LogP contribution in [0, 0.1) is 5.92 Å². The van der Waals surface area contributed by atoms with Gasteiger partial charge < -0.3 is 10.6 Å². The van der Waals surface area contributed by atoms with Gasteiger partial charge in [0.1, 0.15) is 0 Å². The van der Waals surface area contributed by atoms with Gasteiger partial charge in [0.2, 0.25) is 5.91 Å². The van der Waals surface area contributed by atoms with Gasteiger partial charge in [-0.2, -0.15) is 11.8 Å². The van der Waals surface area contributed by atoms with Crippen molar-refractivity contribution in [3.63, 3.8) is 0 Å². The van der Waals surface area contributed by atoms with Gasteiger partial charge >= 0.3 is 0 Å². The Labute approximate surface area is 109 Å². The molecule has 100 valence electrons. The number of amides is 1. The molecule has 0 bridgehead atoms. The van der Waals surface area contributed by atoms with Gasteiger partial charge in [0.15, 0.2) is 0 Å². The number of thioether (sulfide) groups is 1. The van der Waals surface area contributed by atoms with Crippen LogP contribution in [0.2, 0.25) is 0 Å². The van der Waals surface area contributed by atoms with Crippen LogP contribution in [0.3, 0.4) is 0 Å². The molecule has 2 unspecified atom stereocenters. The van der Waals surface area contributed by atoms with E-state index in [4.69, 9.17) is 0 Å². The number of nitrogens with one attached hydrogen (secondary N) is 2. The largest absolute Gasteiger partial charge is 0.352 e. The summed E-state index contributed by atoms with van der Waals surface area (Å²) in [6.07, 6.45) is 3.31. The van der Waals surface area contributed by atoms with Crippen LogP contribution >= 0.6 is 11.8 Å². The first-order valence-electron chi connectivity index (χ1n) is 6.78. The molecule has 0 saturated carbocycles. The first kappa shape index (κ1) is 14.8. The molecule has 0 aromatic heterocycles. The van der Waals surface area contributed by atoms with Crippen LogP contribution in [0.5, 0.6) is 0 Å². The molecule has 0 spiro atoms. The van der Waals surface area contributed by atoms with Gasteiger partial charge in [-0.25, -0.2) is 0 Å². The van der Waals surface area contributed by atoms with E-state index in [0.29, 0.717) is 6.04 Å². The third-order valence-electron chi connectivity index (χ3n) is 3.46. The highest BCUT2D eigenvalue weighted by Crippen LogP contribution is 2.22. The first-order chi connectivity index (χ1) is 8.17. The standard InChI is InChI=1S/C13H26N2OS/c1-4-12(5-2)15-13(16)10(3)14-8-11-6-7-17-9-11/h10-12,14H,4-9H2,1-3H3,(H,15,16). The van der Waals surface area contributed by atoms with E-state index in [1.54, 1.807) is 0 Å². The van der Waals surface area contributed by atoms with Crippen molar-refractivity contribution < 1.29 is 4.79 Å². The molecular weight excluding hydrogens is 232 g/mol. The summed E-state index contributed by atoms with van der Waals surface area (Å²) in [4.78, 5) is 11.9. The smallest absolute Gasteiger partial charge is 0.237 e. The quantitative estimate of drug-likeness (QED) is 0.734. The van der Waals surface area contributed by atoms with E-state index in [9.17, 15) is 4.79 Å². The Morgan fingerprint density at radius 1 is 1.41 bits per heavy atom. The van der Waals surface area contributed by atoms with Gasteiger partial charge in [-0.3, -0.25) is 4.79 Å². The highest BCUT2D eigenvalue weighted by molar-refractivity contribution is 7.99. The average Bonchev–Trinajstić information content (AvgIpc) is 2.85. The summed E-state index contributed by atoms with van der Waals surface area (Å²) in [7, 11) is 0. The number of carbonyl (C=O) groups is 1. The minimum atomic E-state index is -0.0683. The van der Waals surface area contributed by atoms with Gasteiger partial charge in [0, 0.05) is 6.04 Å². The highest BCUT2D eigenvalue weighted by atomic mass is 32.2. The SMILES string of the molecule is CCC(CC)NC(=O)C(C)NCC1CCSC1. The van der Waals surface area contributed by atoms with Gasteiger partial charge in [-0.1, -0.05) is 13.8 Å². The van der Waals surface area contributed by atoms with E-state index in [-0.39, 0.29) is 11.9 Å². The number of hydrogen-bond acceptors (Lipinski definition) is 3. The fourth-order valence-corrected chi connectivity index (χ4v) is 3.28. The van der Waals surface area contributed by atoms with Crippen LogP contribution in [-0.4, -0.2) is 36.0 Å². The van der Waals surface area contributed by atoms with Crippen LogP contribution in [0.15, 0.2) is 0 Å². The Morgan fingerprint density at radius 3 is 2.65 bits per heavy atom. The molecule has 3 nitrogen and oxygen atoms in total. The lowest BCUT2D eigenvalue weighted by Crippen LogP contribution is -2.47. The van der Waals surface area contributed by atoms with Gasteiger partial charge in [0.25, 0.3) is 0 Å². The molecule has 1 aliphatic heterocycles. The summed E-state index contributed by atoms with van der Waals surface area (Å²) in [6, 6.07) is 0.259. The first-order valence-corrected chi connectivity index (χ1v) is 7.94. The summed E-state index contributed by atoms with van der Waals surface area (Å²) in [6.45, 7) is 7.16. The van der Waals surface area contributed by atoms with Gasteiger partial charge in [0.05, 0.1) is 6.04 Å². The zero-order chi connectivity index (χ0) is 12.7. The Balaban J connectivity index is 2.21. The second kappa shape index (κ2) is 7.98. The zero-order valence-corrected chi connectivity index (χ0v) is 12.1. The van der Waals surface area contributed by atoms with E-state index < -0.39 is 0 Å². The van der Waals surface area contributed by atoms with Crippen LogP contribution < -0.4 is 10.6 Å². The molecule has 0 aliphatic carbocycles. The molecule has 2 atom stereocenters. The Bertz CT molecular complexity index is 225. The lowest BCUT2D eigenvalue weighted by molar-refractivity contribution is -0.123. The molecule has 1 saturated heterocycles. The molecule has 4 heteroatoms. The van der Waals surface area contributed by atoms with Crippen LogP contribution in [0.1, 0.15) is 40.0 Å². The highest BCUT2D eigenvalue weighted by Gasteiger charge is 2.19. The molecule has 1 rings (SSSR count). The number of rotatable bonds is 7. The monoisotopic (exact) mass is 258 g/mol. The fourth-order valence-electron chi connectivity index (χ4n) is 2.00. The molecule has 0 aromatic carbocycles. The van der Waals surface area contributed by atoms with Crippen molar-refractivity contribution in [2.75, 3.05) is 18.1 Å². The molecule has 1 amide bonds. The maximum Gasteiger partial charge on any atom is 0.237 e. The average molecular weight is 258 g/mol. The molecule has 1 fully saturated rings. The van der Waals surface area contributed by atoms with Crippen molar-refractivity contribution >= 4 is 17.7 Å². The van der Waals surface area contributed by atoms with E-state index in [2.05, 4.69) is 24.5 Å². The minimum absolute atomic E-state index is 0.0683. The van der Waals surface area contributed by atoms with Crippen molar-refractivity contribution in [2.24, 2.45) is 5.92 Å². The van der Waals surface area contributed by atoms with Crippen LogP contribution in [0.25, 0.3) is 0 Å². The topological polar surface area (TPSA) is 41.1 Å². The molecule has 0 aromatic rings. The van der Waals surface area contributed by atoms with E-state index in [1.807, 2.05) is 18.7 Å². The fraction of sp³-hybridized carbons (Fsp3) is 0.923. The minimum Gasteiger partial charge on any atom is -0.352 e. The normalized spacial score (nSPS) is 21.8. The van der Waals surface area contributed by atoms with Crippen molar-refractivity contribution in [3.05, 3.63) is 0 Å². The molecule has 1 heterocycles. The lowest BCUT2D eigenvalue weighted by atomic mass is 10.1. The van der Waals surface area contributed by atoms with E-state index >= 15 is 0 Å².